The molecule has 1 aliphatic carbocycles. The van der Waals surface area contributed by atoms with Gasteiger partial charge < -0.3 is 10.6 Å². The number of benzene rings is 1. The van der Waals surface area contributed by atoms with Gasteiger partial charge in [-0.1, -0.05) is 55.3 Å². The van der Waals surface area contributed by atoms with Gasteiger partial charge in [0.2, 0.25) is 0 Å². The highest BCUT2D eigenvalue weighted by Crippen LogP contribution is 2.26. The molecule has 2 amide bonds. The zero-order valence-electron chi connectivity index (χ0n) is 11.4. The first-order chi connectivity index (χ1) is 9.65. The molecule has 1 aromatic carbocycles. The van der Waals surface area contributed by atoms with E-state index in [-0.39, 0.29) is 6.03 Å². The van der Waals surface area contributed by atoms with Crippen molar-refractivity contribution in [1.29, 1.82) is 0 Å². The molecule has 0 aliphatic heterocycles. The van der Waals surface area contributed by atoms with E-state index in [1.54, 1.807) is 18.2 Å². The normalized spacial score (nSPS) is 15.9. The number of urea groups is 1. The maximum Gasteiger partial charge on any atom is 0.319 e. The van der Waals surface area contributed by atoms with Gasteiger partial charge in [0, 0.05) is 12.2 Å². The summed E-state index contributed by atoms with van der Waals surface area (Å²) in [6.45, 7) is 0.720. The highest BCUT2D eigenvalue weighted by molar-refractivity contribution is 6.42. The van der Waals surface area contributed by atoms with Crippen LogP contribution in [-0.2, 0) is 0 Å². The predicted molar refractivity (Wildman–Crippen MR) is 84.7 cm³/mol. The van der Waals surface area contributed by atoms with E-state index in [0.717, 1.165) is 18.9 Å². The quantitative estimate of drug-likeness (QED) is 0.799. The average molecular weight is 315 g/mol. The number of halogens is 2. The Kier molecular flexibility index (Phi) is 5.99. The monoisotopic (exact) mass is 314 g/mol. The van der Waals surface area contributed by atoms with Crippen molar-refractivity contribution >= 4 is 34.9 Å². The zero-order chi connectivity index (χ0) is 14.4. The van der Waals surface area contributed by atoms with Gasteiger partial charge in [0.1, 0.15) is 0 Å². The lowest BCUT2D eigenvalue weighted by Crippen LogP contribution is -2.30. The van der Waals surface area contributed by atoms with E-state index >= 15 is 0 Å². The summed E-state index contributed by atoms with van der Waals surface area (Å²) < 4.78 is 0. The van der Waals surface area contributed by atoms with Crippen LogP contribution in [0.15, 0.2) is 18.2 Å². The Bertz CT molecular complexity index is 459. The fourth-order valence-corrected chi connectivity index (χ4v) is 2.91. The first kappa shape index (κ1) is 15.5. The lowest BCUT2D eigenvalue weighted by atomic mass is 9.87. The lowest BCUT2D eigenvalue weighted by molar-refractivity contribution is 0.250. The summed E-state index contributed by atoms with van der Waals surface area (Å²) in [4.78, 5) is 11.8. The van der Waals surface area contributed by atoms with E-state index in [0.29, 0.717) is 15.7 Å². The first-order valence-electron chi connectivity index (χ1n) is 7.15. The molecule has 1 aromatic rings. The number of anilines is 1. The van der Waals surface area contributed by atoms with E-state index in [4.69, 9.17) is 23.2 Å². The molecule has 20 heavy (non-hydrogen) atoms. The van der Waals surface area contributed by atoms with Gasteiger partial charge in [-0.05, 0) is 30.5 Å². The third-order valence-corrected chi connectivity index (χ3v) is 4.48. The Labute approximate surface area is 130 Å². The largest absolute Gasteiger partial charge is 0.338 e. The van der Waals surface area contributed by atoms with Gasteiger partial charge in [0.25, 0.3) is 0 Å². The van der Waals surface area contributed by atoms with Crippen LogP contribution in [0.4, 0.5) is 10.5 Å². The van der Waals surface area contributed by atoms with E-state index in [2.05, 4.69) is 10.6 Å². The van der Waals surface area contributed by atoms with Gasteiger partial charge >= 0.3 is 6.03 Å². The lowest BCUT2D eigenvalue weighted by Gasteiger charge is -2.21. The van der Waals surface area contributed by atoms with E-state index in [1.807, 2.05) is 0 Å². The number of hydrogen-bond donors (Lipinski definition) is 2. The number of carbonyl (C=O) groups is 1. The minimum atomic E-state index is -0.195. The van der Waals surface area contributed by atoms with Crippen LogP contribution in [0, 0.1) is 5.92 Å². The Morgan fingerprint density at radius 3 is 2.60 bits per heavy atom. The maximum absolute atomic E-state index is 11.8. The van der Waals surface area contributed by atoms with E-state index in [9.17, 15) is 4.79 Å². The molecule has 2 rings (SSSR count). The second kappa shape index (κ2) is 7.75. The van der Waals surface area contributed by atoms with Crippen molar-refractivity contribution in [3.63, 3.8) is 0 Å². The van der Waals surface area contributed by atoms with Gasteiger partial charge in [-0.25, -0.2) is 4.79 Å². The fraction of sp³-hybridized carbons (Fsp3) is 0.533. The second-order valence-electron chi connectivity index (χ2n) is 5.30. The highest BCUT2D eigenvalue weighted by Gasteiger charge is 2.13. The fourth-order valence-electron chi connectivity index (χ4n) is 2.61. The summed E-state index contributed by atoms with van der Waals surface area (Å²) in [5, 5.41) is 6.56. The summed E-state index contributed by atoms with van der Waals surface area (Å²) in [6, 6.07) is 4.85. The van der Waals surface area contributed by atoms with Crippen molar-refractivity contribution < 1.29 is 4.79 Å². The SMILES string of the molecule is O=C(NCCC1CCCCC1)Nc1ccc(Cl)c(Cl)c1. The summed E-state index contributed by atoms with van der Waals surface area (Å²) in [7, 11) is 0. The van der Waals surface area contributed by atoms with Crippen molar-refractivity contribution in [3.8, 4) is 0 Å². The average Bonchev–Trinajstić information content (AvgIpc) is 2.44. The minimum absolute atomic E-state index is 0.195. The van der Waals surface area contributed by atoms with Crippen molar-refractivity contribution in [1.82, 2.24) is 5.32 Å². The number of amides is 2. The predicted octanol–water partition coefficient (Wildman–Crippen LogP) is 5.09. The van der Waals surface area contributed by atoms with Crippen molar-refractivity contribution in [2.75, 3.05) is 11.9 Å². The summed E-state index contributed by atoms with van der Waals surface area (Å²) in [5.74, 6) is 0.772. The van der Waals surface area contributed by atoms with Gasteiger partial charge in [0.05, 0.1) is 10.0 Å². The van der Waals surface area contributed by atoms with Crippen LogP contribution in [0.2, 0.25) is 10.0 Å². The molecule has 0 spiro atoms. The standard InChI is InChI=1S/C15H20Cl2N2O/c16-13-7-6-12(10-14(13)17)19-15(20)18-9-8-11-4-2-1-3-5-11/h6-7,10-11H,1-5,8-9H2,(H2,18,19,20). The summed E-state index contributed by atoms with van der Waals surface area (Å²) >= 11 is 11.7. The molecule has 0 aromatic heterocycles. The molecule has 0 unspecified atom stereocenters. The number of carbonyl (C=O) groups excluding carboxylic acids is 1. The molecule has 0 saturated heterocycles. The molecule has 0 radical (unpaired) electrons. The molecule has 1 saturated carbocycles. The van der Waals surface area contributed by atoms with Crippen molar-refractivity contribution in [3.05, 3.63) is 28.2 Å². The summed E-state index contributed by atoms with van der Waals surface area (Å²) in [6.07, 6.45) is 7.70. The van der Waals surface area contributed by atoms with Crippen LogP contribution in [0.1, 0.15) is 38.5 Å². The summed E-state index contributed by atoms with van der Waals surface area (Å²) in [5.41, 5.74) is 0.648. The van der Waals surface area contributed by atoms with E-state index in [1.165, 1.54) is 32.1 Å². The molecule has 2 N–H and O–H groups in total. The van der Waals surface area contributed by atoms with Crippen molar-refractivity contribution in [2.45, 2.75) is 38.5 Å². The van der Waals surface area contributed by atoms with Crippen LogP contribution in [-0.4, -0.2) is 12.6 Å². The highest BCUT2D eigenvalue weighted by atomic mass is 35.5. The molecule has 0 bridgehead atoms. The molecule has 3 nitrogen and oxygen atoms in total. The van der Waals surface area contributed by atoms with Gasteiger partial charge in [0.15, 0.2) is 0 Å². The third-order valence-electron chi connectivity index (χ3n) is 3.74. The maximum atomic E-state index is 11.8. The Balaban J connectivity index is 1.70. The number of nitrogens with one attached hydrogen (secondary N) is 2. The minimum Gasteiger partial charge on any atom is -0.338 e. The van der Waals surface area contributed by atoms with E-state index < -0.39 is 0 Å². The smallest absolute Gasteiger partial charge is 0.319 e. The molecule has 1 fully saturated rings. The number of hydrogen-bond acceptors (Lipinski definition) is 1. The molecular formula is C15H20Cl2N2O. The molecule has 1 aliphatic rings. The third kappa shape index (κ3) is 4.88. The van der Waals surface area contributed by atoms with Gasteiger partial charge in [-0.15, -0.1) is 0 Å². The van der Waals surface area contributed by atoms with Crippen LogP contribution in [0.25, 0.3) is 0 Å². The Morgan fingerprint density at radius 1 is 1.15 bits per heavy atom. The molecule has 5 heteroatoms. The first-order valence-corrected chi connectivity index (χ1v) is 7.90. The van der Waals surface area contributed by atoms with Crippen molar-refractivity contribution in [2.24, 2.45) is 5.92 Å². The molecule has 0 atom stereocenters. The van der Waals surface area contributed by atoms with Crippen LogP contribution < -0.4 is 10.6 Å². The Morgan fingerprint density at radius 2 is 1.90 bits per heavy atom. The zero-order valence-corrected chi connectivity index (χ0v) is 12.9. The number of rotatable bonds is 4. The molecular weight excluding hydrogens is 295 g/mol. The Hall–Kier alpha value is -0.930. The van der Waals surface area contributed by atoms with Crippen LogP contribution in [0.3, 0.4) is 0 Å². The van der Waals surface area contributed by atoms with Gasteiger partial charge in [-0.3, -0.25) is 0 Å². The van der Waals surface area contributed by atoms with Crippen LogP contribution >= 0.6 is 23.2 Å². The van der Waals surface area contributed by atoms with Gasteiger partial charge in [-0.2, -0.15) is 0 Å². The van der Waals surface area contributed by atoms with Crippen LogP contribution in [0.5, 0.6) is 0 Å². The molecule has 0 heterocycles. The second-order valence-corrected chi connectivity index (χ2v) is 6.12. The topological polar surface area (TPSA) is 41.1 Å². The molecule has 110 valence electrons.